The van der Waals surface area contributed by atoms with Crippen LogP contribution >= 0.6 is 0 Å². The number of hydrogen-bond donors (Lipinski definition) is 1. The van der Waals surface area contributed by atoms with Crippen LogP contribution in [0.4, 0.5) is 11.4 Å². The molecule has 0 bridgehead atoms. The Hall–Kier alpha value is -1.18. The molecule has 13 heavy (non-hydrogen) atoms. The van der Waals surface area contributed by atoms with Crippen LogP contribution in [-0.4, -0.2) is 13.1 Å². The highest BCUT2D eigenvalue weighted by molar-refractivity contribution is 5.67. The molecule has 1 aromatic rings. The molecular formula is C11H16N2. The highest BCUT2D eigenvalue weighted by Crippen LogP contribution is 2.27. The predicted molar refractivity (Wildman–Crippen MR) is 56.8 cm³/mol. The zero-order chi connectivity index (χ0) is 9.26. The van der Waals surface area contributed by atoms with Crippen LogP contribution in [0.5, 0.6) is 0 Å². The van der Waals surface area contributed by atoms with Crippen molar-refractivity contribution in [2.24, 2.45) is 5.92 Å². The number of benzene rings is 1. The summed E-state index contributed by atoms with van der Waals surface area (Å²) in [5, 5.41) is 0. The van der Waals surface area contributed by atoms with Gasteiger partial charge < -0.3 is 10.6 Å². The third kappa shape index (κ3) is 1.62. The minimum Gasteiger partial charge on any atom is -0.397 e. The summed E-state index contributed by atoms with van der Waals surface area (Å²) in [6.45, 7) is 4.59. The maximum atomic E-state index is 5.90. The van der Waals surface area contributed by atoms with E-state index in [-0.39, 0.29) is 0 Å². The fraction of sp³-hybridized carbons (Fsp3) is 0.455. The lowest BCUT2D eigenvalue weighted by atomic mass is 10.2. The van der Waals surface area contributed by atoms with E-state index < -0.39 is 0 Å². The van der Waals surface area contributed by atoms with E-state index in [1.165, 1.54) is 12.1 Å². The fourth-order valence-corrected chi connectivity index (χ4v) is 1.93. The molecular weight excluding hydrogens is 160 g/mol. The van der Waals surface area contributed by atoms with E-state index in [0.717, 1.165) is 24.7 Å². The molecule has 2 rings (SSSR count). The summed E-state index contributed by atoms with van der Waals surface area (Å²) in [7, 11) is 0. The molecule has 1 aromatic carbocycles. The molecule has 1 aliphatic rings. The van der Waals surface area contributed by atoms with Crippen LogP contribution in [0.3, 0.4) is 0 Å². The van der Waals surface area contributed by atoms with Crippen molar-refractivity contribution in [3.05, 3.63) is 24.3 Å². The van der Waals surface area contributed by atoms with Gasteiger partial charge in [-0.2, -0.15) is 0 Å². The second-order valence-electron chi connectivity index (χ2n) is 3.90. The molecule has 1 atom stereocenters. The Balaban J connectivity index is 2.21. The lowest BCUT2D eigenvalue weighted by Gasteiger charge is -2.19. The highest BCUT2D eigenvalue weighted by Gasteiger charge is 2.19. The Kier molecular flexibility index (Phi) is 2.13. The average Bonchev–Trinajstić information content (AvgIpc) is 2.53. The lowest BCUT2D eigenvalue weighted by Crippen LogP contribution is -2.20. The summed E-state index contributed by atoms with van der Waals surface area (Å²) >= 11 is 0. The van der Waals surface area contributed by atoms with Gasteiger partial charge in [-0.3, -0.25) is 0 Å². The number of nitrogen functional groups attached to an aromatic ring is 1. The number of nitrogens with zero attached hydrogens (tertiary/aromatic N) is 1. The number of hydrogen-bond acceptors (Lipinski definition) is 2. The maximum Gasteiger partial charge on any atom is 0.0600 e. The fourth-order valence-electron chi connectivity index (χ4n) is 1.93. The van der Waals surface area contributed by atoms with Crippen molar-refractivity contribution in [1.29, 1.82) is 0 Å². The maximum absolute atomic E-state index is 5.90. The quantitative estimate of drug-likeness (QED) is 0.664. The molecule has 0 aliphatic carbocycles. The summed E-state index contributed by atoms with van der Waals surface area (Å²) < 4.78 is 0. The molecule has 1 aliphatic heterocycles. The Morgan fingerprint density at radius 1 is 1.38 bits per heavy atom. The van der Waals surface area contributed by atoms with Crippen molar-refractivity contribution in [2.45, 2.75) is 13.3 Å². The molecule has 0 saturated carbocycles. The molecule has 1 heterocycles. The first-order chi connectivity index (χ1) is 6.27. The van der Waals surface area contributed by atoms with E-state index in [4.69, 9.17) is 5.73 Å². The van der Waals surface area contributed by atoms with Gasteiger partial charge >= 0.3 is 0 Å². The molecule has 2 nitrogen and oxygen atoms in total. The Labute approximate surface area is 79.4 Å². The zero-order valence-electron chi connectivity index (χ0n) is 8.03. The van der Waals surface area contributed by atoms with Crippen LogP contribution in [0.15, 0.2) is 24.3 Å². The van der Waals surface area contributed by atoms with Gasteiger partial charge in [0.05, 0.1) is 11.4 Å². The van der Waals surface area contributed by atoms with Crippen molar-refractivity contribution in [3.63, 3.8) is 0 Å². The van der Waals surface area contributed by atoms with Gasteiger partial charge in [-0.25, -0.2) is 0 Å². The summed E-state index contributed by atoms with van der Waals surface area (Å²) in [5.74, 6) is 0.805. The van der Waals surface area contributed by atoms with E-state index in [0.29, 0.717) is 0 Å². The number of para-hydroxylation sites is 2. The number of nitrogens with two attached hydrogens (primary N) is 1. The Morgan fingerprint density at radius 3 is 2.77 bits per heavy atom. The third-order valence-electron chi connectivity index (χ3n) is 2.70. The van der Waals surface area contributed by atoms with Crippen LogP contribution in [0.25, 0.3) is 0 Å². The van der Waals surface area contributed by atoms with Gasteiger partial charge in [0.2, 0.25) is 0 Å². The van der Waals surface area contributed by atoms with Gasteiger partial charge in [-0.1, -0.05) is 19.1 Å². The largest absolute Gasteiger partial charge is 0.397 e. The van der Waals surface area contributed by atoms with Crippen molar-refractivity contribution in [2.75, 3.05) is 23.7 Å². The van der Waals surface area contributed by atoms with Gasteiger partial charge in [-0.15, -0.1) is 0 Å². The molecule has 0 aromatic heterocycles. The van der Waals surface area contributed by atoms with Gasteiger partial charge in [0, 0.05) is 13.1 Å². The summed E-state index contributed by atoms with van der Waals surface area (Å²) in [5.41, 5.74) is 8.00. The van der Waals surface area contributed by atoms with Crippen LogP contribution in [0, 0.1) is 5.92 Å². The lowest BCUT2D eigenvalue weighted by molar-refractivity contribution is 0.659. The molecule has 2 N–H and O–H groups in total. The van der Waals surface area contributed by atoms with Gasteiger partial charge in [0.25, 0.3) is 0 Å². The van der Waals surface area contributed by atoms with Gasteiger partial charge in [-0.05, 0) is 24.5 Å². The molecule has 0 spiro atoms. The molecule has 2 heteroatoms. The van der Waals surface area contributed by atoms with Crippen molar-refractivity contribution in [1.82, 2.24) is 0 Å². The Morgan fingerprint density at radius 2 is 2.15 bits per heavy atom. The molecule has 1 fully saturated rings. The first-order valence-electron chi connectivity index (χ1n) is 4.87. The minimum atomic E-state index is 0.805. The van der Waals surface area contributed by atoms with E-state index in [9.17, 15) is 0 Å². The smallest absolute Gasteiger partial charge is 0.0600 e. The van der Waals surface area contributed by atoms with Crippen LogP contribution in [0.1, 0.15) is 13.3 Å². The predicted octanol–water partition coefficient (Wildman–Crippen LogP) is 2.12. The topological polar surface area (TPSA) is 29.3 Å². The van der Waals surface area contributed by atoms with Crippen molar-refractivity contribution in [3.8, 4) is 0 Å². The third-order valence-corrected chi connectivity index (χ3v) is 2.70. The SMILES string of the molecule is CC1CCN(c2ccccc2N)C1. The van der Waals surface area contributed by atoms with Crippen LogP contribution in [0.2, 0.25) is 0 Å². The van der Waals surface area contributed by atoms with Crippen molar-refractivity contribution < 1.29 is 0 Å². The van der Waals surface area contributed by atoms with Crippen LogP contribution in [-0.2, 0) is 0 Å². The van der Waals surface area contributed by atoms with Gasteiger partial charge in [0.15, 0.2) is 0 Å². The summed E-state index contributed by atoms with van der Waals surface area (Å²) in [6, 6.07) is 8.11. The van der Waals surface area contributed by atoms with Gasteiger partial charge in [0.1, 0.15) is 0 Å². The Bertz CT molecular complexity index is 296. The number of anilines is 2. The van der Waals surface area contributed by atoms with E-state index >= 15 is 0 Å². The first-order valence-corrected chi connectivity index (χ1v) is 4.87. The number of rotatable bonds is 1. The van der Waals surface area contributed by atoms with E-state index in [1.807, 2.05) is 12.1 Å². The second-order valence-corrected chi connectivity index (χ2v) is 3.90. The summed E-state index contributed by atoms with van der Waals surface area (Å²) in [6.07, 6.45) is 1.29. The van der Waals surface area contributed by atoms with E-state index in [2.05, 4.69) is 24.0 Å². The normalized spacial score (nSPS) is 22.2. The molecule has 0 radical (unpaired) electrons. The zero-order valence-corrected chi connectivity index (χ0v) is 8.03. The summed E-state index contributed by atoms with van der Waals surface area (Å²) in [4.78, 5) is 2.38. The molecule has 1 unspecified atom stereocenters. The average molecular weight is 176 g/mol. The monoisotopic (exact) mass is 176 g/mol. The van der Waals surface area contributed by atoms with Crippen LogP contribution < -0.4 is 10.6 Å². The van der Waals surface area contributed by atoms with E-state index in [1.54, 1.807) is 0 Å². The molecule has 1 saturated heterocycles. The first kappa shape index (κ1) is 8.42. The van der Waals surface area contributed by atoms with Crippen molar-refractivity contribution >= 4 is 11.4 Å². The highest BCUT2D eigenvalue weighted by atomic mass is 15.2. The minimum absolute atomic E-state index is 0.805. The molecule has 70 valence electrons. The second kappa shape index (κ2) is 3.29. The molecule has 0 amide bonds. The standard InChI is InChI=1S/C11H16N2/c1-9-6-7-13(8-9)11-5-3-2-4-10(11)12/h2-5,9H,6-8,12H2,1H3.